The Bertz CT molecular complexity index is 1090. The molecule has 1 aliphatic carbocycles. The molecule has 178 valence electrons. The van der Waals surface area contributed by atoms with Crippen LogP contribution in [-0.4, -0.2) is 59.0 Å². The minimum atomic E-state index is -3.84. The Morgan fingerprint density at radius 3 is 2.33 bits per heavy atom. The van der Waals surface area contributed by atoms with Crippen molar-refractivity contribution in [3.05, 3.63) is 48.0 Å². The number of benzene rings is 2. The van der Waals surface area contributed by atoms with Gasteiger partial charge in [0.2, 0.25) is 10.0 Å². The minimum Gasteiger partial charge on any atom is -0.495 e. The molecule has 0 aliphatic heterocycles. The van der Waals surface area contributed by atoms with Gasteiger partial charge in [0, 0.05) is 31.4 Å². The summed E-state index contributed by atoms with van der Waals surface area (Å²) < 4.78 is 39.2. The van der Waals surface area contributed by atoms with Gasteiger partial charge in [-0.15, -0.1) is 0 Å². The van der Waals surface area contributed by atoms with E-state index in [2.05, 4.69) is 10.0 Å². The van der Waals surface area contributed by atoms with E-state index in [1.807, 2.05) is 0 Å². The third kappa shape index (κ3) is 6.45. The number of sulfonamides is 1. The lowest BCUT2D eigenvalue weighted by Gasteiger charge is -2.16. The number of nitrogens with one attached hydrogen (secondary N) is 2. The molecular weight excluding hydrogens is 446 g/mol. The van der Waals surface area contributed by atoms with Crippen molar-refractivity contribution in [2.24, 2.45) is 0 Å². The number of methoxy groups -OCH3 is 1. The molecule has 0 heterocycles. The molecule has 2 amide bonds. The highest BCUT2D eigenvalue weighted by molar-refractivity contribution is 7.89. The Kier molecular flexibility index (Phi) is 7.93. The summed E-state index contributed by atoms with van der Waals surface area (Å²) in [6.45, 7) is -0.0866. The molecule has 1 aliphatic rings. The molecule has 9 nitrogen and oxygen atoms in total. The van der Waals surface area contributed by atoms with Gasteiger partial charge in [0.25, 0.3) is 11.8 Å². The second kappa shape index (κ2) is 10.7. The molecule has 0 aromatic heterocycles. The average molecular weight is 476 g/mol. The van der Waals surface area contributed by atoms with Crippen LogP contribution in [0.25, 0.3) is 0 Å². The number of rotatable bonds is 9. The van der Waals surface area contributed by atoms with Crippen LogP contribution in [0, 0.1) is 0 Å². The number of likely N-dealkylation sites (N-methyl/N-ethyl adjacent to an activating group) is 1. The zero-order valence-corrected chi connectivity index (χ0v) is 19.8. The van der Waals surface area contributed by atoms with Crippen molar-refractivity contribution in [1.29, 1.82) is 0 Å². The van der Waals surface area contributed by atoms with Crippen LogP contribution >= 0.6 is 0 Å². The number of nitrogens with zero attached hydrogens (tertiary/aromatic N) is 1. The molecule has 2 N–H and O–H groups in total. The maximum Gasteiger partial charge on any atom is 0.259 e. The number of carbonyl (C=O) groups excluding carboxylic acids is 2. The van der Waals surface area contributed by atoms with Crippen molar-refractivity contribution in [3.8, 4) is 11.5 Å². The maximum absolute atomic E-state index is 12.9. The van der Waals surface area contributed by atoms with Crippen LogP contribution in [0.1, 0.15) is 36.0 Å². The lowest BCUT2D eigenvalue weighted by atomic mass is 10.2. The molecule has 0 saturated heterocycles. The van der Waals surface area contributed by atoms with Crippen LogP contribution in [0.2, 0.25) is 0 Å². The van der Waals surface area contributed by atoms with Crippen molar-refractivity contribution >= 4 is 27.5 Å². The molecule has 0 unspecified atom stereocenters. The van der Waals surface area contributed by atoms with Gasteiger partial charge >= 0.3 is 0 Å². The third-order valence-electron chi connectivity index (χ3n) is 5.37. The van der Waals surface area contributed by atoms with Crippen molar-refractivity contribution in [2.45, 2.75) is 36.6 Å². The lowest BCUT2D eigenvalue weighted by Crippen LogP contribution is -2.33. The number of amides is 2. The number of hydrogen-bond donors (Lipinski definition) is 2. The largest absolute Gasteiger partial charge is 0.495 e. The molecular formula is C23H29N3O6S. The molecule has 33 heavy (non-hydrogen) atoms. The lowest BCUT2D eigenvalue weighted by molar-refractivity contribution is -0.130. The fourth-order valence-electron chi connectivity index (χ4n) is 3.47. The van der Waals surface area contributed by atoms with Gasteiger partial charge in [-0.25, -0.2) is 13.1 Å². The Morgan fingerprint density at radius 1 is 1.06 bits per heavy atom. The summed E-state index contributed by atoms with van der Waals surface area (Å²) in [5, 5.41) is 2.73. The van der Waals surface area contributed by atoms with Gasteiger partial charge in [0.15, 0.2) is 6.61 Å². The topological polar surface area (TPSA) is 114 Å². The molecule has 1 fully saturated rings. The van der Waals surface area contributed by atoms with Crippen molar-refractivity contribution in [3.63, 3.8) is 0 Å². The first-order valence-corrected chi connectivity index (χ1v) is 12.1. The van der Waals surface area contributed by atoms with E-state index in [1.54, 1.807) is 38.4 Å². The number of carbonyl (C=O) groups is 2. The van der Waals surface area contributed by atoms with Crippen molar-refractivity contribution in [1.82, 2.24) is 9.62 Å². The highest BCUT2D eigenvalue weighted by atomic mass is 32.2. The zero-order valence-electron chi connectivity index (χ0n) is 19.0. The quantitative estimate of drug-likeness (QED) is 0.576. The first kappa shape index (κ1) is 24.5. The van der Waals surface area contributed by atoms with Gasteiger partial charge in [-0.1, -0.05) is 12.8 Å². The third-order valence-corrected chi connectivity index (χ3v) is 6.91. The van der Waals surface area contributed by atoms with E-state index < -0.39 is 15.9 Å². The van der Waals surface area contributed by atoms with E-state index in [0.717, 1.165) is 25.7 Å². The van der Waals surface area contributed by atoms with Crippen molar-refractivity contribution < 1.29 is 27.5 Å². The summed E-state index contributed by atoms with van der Waals surface area (Å²) in [6, 6.07) is 10.7. The van der Waals surface area contributed by atoms with E-state index in [1.165, 1.54) is 30.2 Å². The number of hydrogen-bond acceptors (Lipinski definition) is 6. The summed E-state index contributed by atoms with van der Waals surface area (Å²) in [5.41, 5.74) is 0.676. The predicted octanol–water partition coefficient (Wildman–Crippen LogP) is 2.64. The second-order valence-corrected chi connectivity index (χ2v) is 9.71. The first-order chi connectivity index (χ1) is 15.7. The van der Waals surface area contributed by atoms with Crippen LogP contribution < -0.4 is 19.5 Å². The van der Waals surface area contributed by atoms with E-state index in [-0.39, 0.29) is 34.8 Å². The van der Waals surface area contributed by atoms with Crippen LogP contribution in [0.4, 0.5) is 5.69 Å². The van der Waals surface area contributed by atoms with E-state index in [9.17, 15) is 18.0 Å². The average Bonchev–Trinajstić information content (AvgIpc) is 3.30. The predicted molar refractivity (Wildman–Crippen MR) is 124 cm³/mol. The van der Waals surface area contributed by atoms with Crippen LogP contribution in [0.5, 0.6) is 11.5 Å². The fraction of sp³-hybridized carbons (Fsp3) is 0.391. The first-order valence-electron chi connectivity index (χ1n) is 10.6. The minimum absolute atomic E-state index is 0.0705. The normalized spacial score (nSPS) is 14.0. The monoisotopic (exact) mass is 475 g/mol. The summed E-state index contributed by atoms with van der Waals surface area (Å²) in [7, 11) is 0.833. The molecule has 3 rings (SSSR count). The molecule has 10 heteroatoms. The highest BCUT2D eigenvalue weighted by Gasteiger charge is 2.26. The van der Waals surface area contributed by atoms with Gasteiger partial charge in [-0.2, -0.15) is 0 Å². The summed E-state index contributed by atoms with van der Waals surface area (Å²) >= 11 is 0. The van der Waals surface area contributed by atoms with Gasteiger partial charge < -0.3 is 19.7 Å². The highest BCUT2D eigenvalue weighted by Crippen LogP contribution is 2.28. The Labute approximate surface area is 194 Å². The number of anilines is 1. The van der Waals surface area contributed by atoms with E-state index >= 15 is 0 Å². The number of ether oxygens (including phenoxy) is 2. The molecule has 1 saturated carbocycles. The zero-order chi connectivity index (χ0) is 24.0. The summed E-state index contributed by atoms with van der Waals surface area (Å²) in [5.74, 6) is 0.0244. The molecule has 0 bridgehead atoms. The van der Waals surface area contributed by atoms with Gasteiger partial charge in [-0.3, -0.25) is 9.59 Å². The summed E-state index contributed by atoms with van der Waals surface area (Å²) in [4.78, 5) is 25.7. The molecule has 2 aromatic carbocycles. The SMILES string of the molecule is COc1ccc(C(=O)Nc2ccc(OCC(=O)N(C)C)cc2)cc1S(=O)(=O)NC1CCCC1. The van der Waals surface area contributed by atoms with Gasteiger partial charge in [-0.05, 0) is 55.3 Å². The molecule has 0 atom stereocenters. The van der Waals surface area contributed by atoms with E-state index in [0.29, 0.717) is 11.4 Å². The van der Waals surface area contributed by atoms with Crippen LogP contribution in [0.15, 0.2) is 47.4 Å². The van der Waals surface area contributed by atoms with Crippen molar-refractivity contribution in [2.75, 3.05) is 33.1 Å². The van der Waals surface area contributed by atoms with Crippen LogP contribution in [-0.2, 0) is 14.8 Å². The summed E-state index contributed by atoms with van der Waals surface area (Å²) in [6.07, 6.45) is 3.57. The second-order valence-electron chi connectivity index (χ2n) is 8.02. The Morgan fingerprint density at radius 2 is 1.73 bits per heavy atom. The Hall–Kier alpha value is -3.11. The maximum atomic E-state index is 12.9. The molecule has 0 radical (unpaired) electrons. The molecule has 0 spiro atoms. The van der Waals surface area contributed by atoms with E-state index in [4.69, 9.17) is 9.47 Å². The smallest absolute Gasteiger partial charge is 0.259 e. The standard InChI is InChI=1S/C23H29N3O6S/c1-26(2)22(27)15-32-19-11-9-17(10-12-19)24-23(28)16-8-13-20(31-3)21(14-16)33(29,30)25-18-6-4-5-7-18/h8-14,18,25H,4-7,15H2,1-3H3,(H,24,28). The molecule has 2 aromatic rings. The van der Waals surface area contributed by atoms with Crippen LogP contribution in [0.3, 0.4) is 0 Å². The Balaban J connectivity index is 1.71. The van der Waals surface area contributed by atoms with Gasteiger partial charge in [0.1, 0.15) is 16.4 Å². The van der Waals surface area contributed by atoms with Gasteiger partial charge in [0.05, 0.1) is 7.11 Å². The fourth-order valence-corrected chi connectivity index (χ4v) is 4.97.